The summed E-state index contributed by atoms with van der Waals surface area (Å²) < 4.78 is 0. The topological polar surface area (TPSA) is 56.2 Å². The van der Waals surface area contributed by atoms with Crippen LogP contribution in [-0.2, 0) is 9.59 Å². The quantitative estimate of drug-likeness (QED) is 0.448. The highest BCUT2D eigenvalue weighted by molar-refractivity contribution is 7.80. The van der Waals surface area contributed by atoms with Gasteiger partial charge in [0.15, 0.2) is 0 Å². The van der Waals surface area contributed by atoms with Crippen LogP contribution in [0.3, 0.4) is 0 Å². The minimum absolute atomic E-state index is 0.00532. The summed E-state index contributed by atoms with van der Waals surface area (Å²) in [5, 5.41) is 1.07. The van der Waals surface area contributed by atoms with E-state index in [4.69, 9.17) is 23.8 Å². The fourth-order valence-corrected chi connectivity index (χ4v) is 4.73. The fourth-order valence-electron chi connectivity index (χ4n) is 4.25. The van der Waals surface area contributed by atoms with E-state index in [0.29, 0.717) is 18.1 Å². The molecule has 3 aliphatic rings. The van der Waals surface area contributed by atoms with Crippen LogP contribution in [0.2, 0.25) is 5.02 Å². The van der Waals surface area contributed by atoms with Crippen molar-refractivity contribution < 1.29 is 9.59 Å². The van der Waals surface area contributed by atoms with Crippen LogP contribution in [-0.4, -0.2) is 65.2 Å². The first-order chi connectivity index (χ1) is 15.5. The van der Waals surface area contributed by atoms with Gasteiger partial charge in [0.25, 0.3) is 0 Å². The lowest BCUT2D eigenvalue weighted by atomic mass is 9.95. The van der Waals surface area contributed by atoms with Crippen LogP contribution in [0.1, 0.15) is 25.7 Å². The van der Waals surface area contributed by atoms with E-state index in [2.05, 4.69) is 16.0 Å². The average Bonchev–Trinajstić information content (AvgIpc) is 2.80. The summed E-state index contributed by atoms with van der Waals surface area (Å²) in [6, 6.07) is 7.84. The molecular formula is C24H27ClN4O2S. The molecule has 2 heterocycles. The van der Waals surface area contributed by atoms with Crippen molar-refractivity contribution in [2.24, 2.45) is 10.9 Å². The van der Waals surface area contributed by atoms with Gasteiger partial charge in [-0.05, 0) is 49.3 Å². The SMILES string of the molecule is O=C(CCCCCN1C(=O)C2C=CC=CC2=NC1=S)N1CCN(c2cccc(Cl)c2)CC1. The van der Waals surface area contributed by atoms with Crippen molar-refractivity contribution >= 4 is 52.1 Å². The summed E-state index contributed by atoms with van der Waals surface area (Å²) in [6.45, 7) is 3.63. The molecule has 1 saturated heterocycles. The number of nitrogens with zero attached hydrogens (tertiary/aromatic N) is 4. The maximum absolute atomic E-state index is 12.7. The van der Waals surface area contributed by atoms with Gasteiger partial charge >= 0.3 is 0 Å². The first kappa shape index (κ1) is 22.7. The molecule has 168 valence electrons. The lowest BCUT2D eigenvalue weighted by molar-refractivity contribution is -0.132. The third-order valence-corrected chi connectivity index (χ3v) is 6.61. The summed E-state index contributed by atoms with van der Waals surface area (Å²) >= 11 is 11.4. The Morgan fingerprint density at radius 2 is 1.94 bits per heavy atom. The highest BCUT2D eigenvalue weighted by Gasteiger charge is 2.33. The van der Waals surface area contributed by atoms with E-state index in [1.54, 1.807) is 4.90 Å². The number of hydrogen-bond acceptors (Lipinski definition) is 4. The third-order valence-electron chi connectivity index (χ3n) is 6.07. The summed E-state index contributed by atoms with van der Waals surface area (Å²) in [7, 11) is 0. The van der Waals surface area contributed by atoms with Gasteiger partial charge in [0, 0.05) is 49.9 Å². The van der Waals surface area contributed by atoms with Gasteiger partial charge < -0.3 is 9.80 Å². The average molecular weight is 471 g/mol. The van der Waals surface area contributed by atoms with E-state index in [-0.39, 0.29) is 17.7 Å². The van der Waals surface area contributed by atoms with Crippen LogP contribution in [0.5, 0.6) is 0 Å². The largest absolute Gasteiger partial charge is 0.368 e. The Morgan fingerprint density at radius 1 is 1.12 bits per heavy atom. The molecular weight excluding hydrogens is 444 g/mol. The number of thiocarbonyl (C=S) groups is 1. The van der Waals surface area contributed by atoms with Crippen molar-refractivity contribution in [2.45, 2.75) is 25.7 Å². The number of rotatable bonds is 7. The van der Waals surface area contributed by atoms with Gasteiger partial charge in [-0.2, -0.15) is 0 Å². The molecule has 32 heavy (non-hydrogen) atoms. The van der Waals surface area contributed by atoms with Crippen LogP contribution < -0.4 is 4.90 Å². The Labute approximate surface area is 199 Å². The number of carbonyl (C=O) groups excluding carboxylic acids is 2. The summed E-state index contributed by atoms with van der Waals surface area (Å²) in [5.41, 5.74) is 1.82. The Morgan fingerprint density at radius 3 is 2.72 bits per heavy atom. The molecule has 4 rings (SSSR count). The Hall–Kier alpha value is -2.51. The van der Waals surface area contributed by atoms with Crippen molar-refractivity contribution in [3.63, 3.8) is 0 Å². The second-order valence-electron chi connectivity index (χ2n) is 8.19. The zero-order valence-electron chi connectivity index (χ0n) is 18.0. The van der Waals surface area contributed by atoms with Gasteiger partial charge in [-0.1, -0.05) is 42.3 Å². The van der Waals surface area contributed by atoms with Gasteiger partial charge in [-0.15, -0.1) is 0 Å². The molecule has 1 aromatic carbocycles. The van der Waals surface area contributed by atoms with Gasteiger partial charge in [-0.3, -0.25) is 14.5 Å². The molecule has 1 aliphatic carbocycles. The van der Waals surface area contributed by atoms with Crippen LogP contribution in [0.25, 0.3) is 0 Å². The summed E-state index contributed by atoms with van der Waals surface area (Å²) in [5.74, 6) is -0.123. The van der Waals surface area contributed by atoms with Gasteiger partial charge in [0.1, 0.15) is 0 Å². The Balaban J connectivity index is 1.16. The molecule has 2 amide bonds. The van der Waals surface area contributed by atoms with E-state index in [1.807, 2.05) is 47.4 Å². The molecule has 0 aromatic heterocycles. The molecule has 1 fully saturated rings. The first-order valence-electron chi connectivity index (χ1n) is 11.1. The van der Waals surface area contributed by atoms with Crippen molar-refractivity contribution in [1.29, 1.82) is 0 Å². The van der Waals surface area contributed by atoms with Crippen LogP contribution >= 0.6 is 23.8 Å². The molecule has 0 spiro atoms. The Bertz CT molecular complexity index is 982. The van der Waals surface area contributed by atoms with Gasteiger partial charge in [-0.25, -0.2) is 4.99 Å². The number of amides is 2. The van der Waals surface area contributed by atoms with E-state index >= 15 is 0 Å². The van der Waals surface area contributed by atoms with Gasteiger partial charge in [0.2, 0.25) is 16.9 Å². The second-order valence-corrected chi connectivity index (χ2v) is 8.99. The zero-order chi connectivity index (χ0) is 22.5. The minimum atomic E-state index is -0.321. The first-order valence-corrected chi connectivity index (χ1v) is 11.9. The highest BCUT2D eigenvalue weighted by Crippen LogP contribution is 2.22. The number of fused-ring (bicyclic) bond motifs is 1. The second kappa shape index (κ2) is 10.4. The van der Waals surface area contributed by atoms with Crippen molar-refractivity contribution in [2.75, 3.05) is 37.6 Å². The maximum Gasteiger partial charge on any atom is 0.241 e. The molecule has 0 saturated carbocycles. The molecule has 0 bridgehead atoms. The van der Waals surface area contributed by atoms with Crippen molar-refractivity contribution in [3.8, 4) is 0 Å². The third kappa shape index (κ3) is 5.27. The molecule has 1 atom stereocenters. The van der Waals surface area contributed by atoms with Crippen LogP contribution in [0, 0.1) is 5.92 Å². The molecule has 1 aromatic rings. The number of aliphatic imine (C=N–C) groups is 1. The Kier molecular flexibility index (Phi) is 7.37. The lowest BCUT2D eigenvalue weighted by Gasteiger charge is -2.36. The molecule has 2 aliphatic heterocycles. The lowest BCUT2D eigenvalue weighted by Crippen LogP contribution is -2.48. The maximum atomic E-state index is 12.7. The normalized spacial score (nSPS) is 20.5. The van der Waals surface area contributed by atoms with Crippen LogP contribution in [0.15, 0.2) is 53.6 Å². The van der Waals surface area contributed by atoms with E-state index < -0.39 is 0 Å². The van der Waals surface area contributed by atoms with E-state index in [0.717, 1.165) is 61.9 Å². The molecule has 8 heteroatoms. The van der Waals surface area contributed by atoms with Crippen LogP contribution in [0.4, 0.5) is 5.69 Å². The minimum Gasteiger partial charge on any atom is -0.368 e. The molecule has 6 nitrogen and oxygen atoms in total. The number of piperazine rings is 1. The predicted molar refractivity (Wildman–Crippen MR) is 132 cm³/mol. The smallest absolute Gasteiger partial charge is 0.241 e. The number of benzene rings is 1. The number of carbonyl (C=O) groups is 2. The molecule has 0 radical (unpaired) electrons. The standard InChI is InChI=1S/C24H27ClN4O2S/c25-18-7-6-8-19(17-18)27-13-15-28(16-14-27)22(30)11-2-1-5-12-29-23(31)20-9-3-4-10-21(20)26-24(29)32/h3-4,6-10,17,20H,1-2,5,11-16H2. The molecule has 1 unspecified atom stereocenters. The monoisotopic (exact) mass is 470 g/mol. The van der Waals surface area contributed by atoms with E-state index in [1.165, 1.54) is 0 Å². The van der Waals surface area contributed by atoms with Gasteiger partial charge in [0.05, 0.1) is 11.6 Å². The number of hydrogen-bond donors (Lipinski definition) is 0. The van der Waals surface area contributed by atoms with Crippen molar-refractivity contribution in [3.05, 3.63) is 53.6 Å². The fraction of sp³-hybridized carbons (Fsp3) is 0.417. The number of unbranched alkanes of at least 4 members (excludes halogenated alkanes) is 2. The molecule has 0 N–H and O–H groups in total. The number of anilines is 1. The number of halogens is 1. The van der Waals surface area contributed by atoms with Crippen molar-refractivity contribution in [1.82, 2.24) is 9.80 Å². The predicted octanol–water partition coefficient (Wildman–Crippen LogP) is 3.86. The van der Waals surface area contributed by atoms with E-state index in [9.17, 15) is 9.59 Å². The zero-order valence-corrected chi connectivity index (χ0v) is 19.5. The summed E-state index contributed by atoms with van der Waals surface area (Å²) in [6.07, 6.45) is 10.5. The summed E-state index contributed by atoms with van der Waals surface area (Å²) in [4.78, 5) is 35.5. The number of allylic oxidation sites excluding steroid dienone is 3. The highest BCUT2D eigenvalue weighted by atomic mass is 35.5.